The Bertz CT molecular complexity index is 370. The first-order valence-corrected chi connectivity index (χ1v) is 7.80. The Morgan fingerprint density at radius 3 is 2.81 bits per heavy atom. The minimum absolute atomic E-state index is 0.0455. The van der Waals surface area contributed by atoms with E-state index in [2.05, 4.69) is 37.2 Å². The molecule has 1 rings (SSSR count). The van der Waals surface area contributed by atoms with Crippen molar-refractivity contribution < 1.29 is 4.79 Å². The molecule has 0 saturated heterocycles. The Kier molecular flexibility index (Phi) is 6.32. The summed E-state index contributed by atoms with van der Waals surface area (Å²) in [5.41, 5.74) is 0.676. The molecule has 0 fully saturated rings. The average Bonchev–Trinajstić information content (AvgIpc) is 2.54. The standard InChI is InChI=1S/C10H12Br2ClNOS/c1-6(3-2-4-13)14-10(15)7-5-8(11)16-9(7)12/h5-6H,2-4H2,1H3,(H,14,15). The molecular formula is C10H12Br2ClNOS. The third-order valence-electron chi connectivity index (χ3n) is 2.05. The van der Waals surface area contributed by atoms with Crippen molar-refractivity contribution >= 4 is 60.7 Å². The SMILES string of the molecule is CC(CCCCl)NC(=O)c1cc(Br)sc1Br. The Balaban J connectivity index is 2.55. The lowest BCUT2D eigenvalue weighted by molar-refractivity contribution is 0.0938. The Morgan fingerprint density at radius 2 is 2.31 bits per heavy atom. The van der Waals surface area contributed by atoms with E-state index in [1.165, 1.54) is 11.3 Å². The smallest absolute Gasteiger partial charge is 0.253 e. The monoisotopic (exact) mass is 387 g/mol. The molecule has 0 bridgehead atoms. The van der Waals surface area contributed by atoms with Crippen molar-refractivity contribution in [1.29, 1.82) is 0 Å². The maximum absolute atomic E-state index is 11.9. The minimum atomic E-state index is -0.0455. The molecule has 2 nitrogen and oxygen atoms in total. The number of rotatable bonds is 5. The van der Waals surface area contributed by atoms with Gasteiger partial charge in [-0.05, 0) is 57.7 Å². The van der Waals surface area contributed by atoms with Gasteiger partial charge in [0, 0.05) is 11.9 Å². The average molecular weight is 390 g/mol. The number of hydrogen-bond donors (Lipinski definition) is 1. The van der Waals surface area contributed by atoms with Gasteiger partial charge in [-0.2, -0.15) is 0 Å². The number of carbonyl (C=O) groups is 1. The van der Waals surface area contributed by atoms with Gasteiger partial charge in [-0.25, -0.2) is 0 Å². The van der Waals surface area contributed by atoms with Gasteiger partial charge < -0.3 is 5.32 Å². The fraction of sp³-hybridized carbons (Fsp3) is 0.500. The van der Waals surface area contributed by atoms with Gasteiger partial charge in [-0.3, -0.25) is 4.79 Å². The molecule has 1 amide bonds. The highest BCUT2D eigenvalue weighted by atomic mass is 79.9. The van der Waals surface area contributed by atoms with E-state index in [4.69, 9.17) is 11.6 Å². The van der Waals surface area contributed by atoms with E-state index in [0.717, 1.165) is 20.4 Å². The van der Waals surface area contributed by atoms with Crippen LogP contribution in [0.5, 0.6) is 0 Å². The topological polar surface area (TPSA) is 29.1 Å². The maximum atomic E-state index is 11.9. The predicted octanol–water partition coefficient (Wildman–Crippen LogP) is 4.41. The first kappa shape index (κ1) is 14.5. The largest absolute Gasteiger partial charge is 0.350 e. The first-order chi connectivity index (χ1) is 7.54. The molecule has 1 aromatic rings. The van der Waals surface area contributed by atoms with Gasteiger partial charge in [0.25, 0.3) is 5.91 Å². The zero-order valence-corrected chi connectivity index (χ0v) is 13.5. The quantitative estimate of drug-likeness (QED) is 0.743. The number of carbonyl (C=O) groups excluding carboxylic acids is 1. The molecule has 0 radical (unpaired) electrons. The molecule has 6 heteroatoms. The summed E-state index contributed by atoms with van der Waals surface area (Å²) in [4.78, 5) is 11.9. The van der Waals surface area contributed by atoms with Crippen molar-refractivity contribution in [2.45, 2.75) is 25.8 Å². The molecule has 0 spiro atoms. The second-order valence-corrected chi connectivity index (χ2v) is 7.57. The predicted molar refractivity (Wildman–Crippen MR) is 76.6 cm³/mol. The lowest BCUT2D eigenvalue weighted by Crippen LogP contribution is -2.32. The summed E-state index contributed by atoms with van der Waals surface area (Å²) in [5.74, 6) is 0.587. The summed E-state index contributed by atoms with van der Waals surface area (Å²) >= 11 is 13.8. The van der Waals surface area contributed by atoms with Crippen LogP contribution in [-0.4, -0.2) is 17.8 Å². The van der Waals surface area contributed by atoms with Crippen LogP contribution in [0.3, 0.4) is 0 Å². The molecule has 0 aliphatic rings. The van der Waals surface area contributed by atoms with E-state index in [9.17, 15) is 4.79 Å². The summed E-state index contributed by atoms with van der Waals surface area (Å²) in [6.07, 6.45) is 1.82. The highest BCUT2D eigenvalue weighted by molar-refractivity contribution is 9.12. The Morgan fingerprint density at radius 1 is 1.62 bits per heavy atom. The normalized spacial score (nSPS) is 12.5. The van der Waals surface area contributed by atoms with Crippen LogP contribution in [-0.2, 0) is 0 Å². The molecule has 1 heterocycles. The van der Waals surface area contributed by atoms with Crippen LogP contribution in [0.2, 0.25) is 0 Å². The molecule has 0 saturated carbocycles. The van der Waals surface area contributed by atoms with E-state index >= 15 is 0 Å². The van der Waals surface area contributed by atoms with Gasteiger partial charge in [0.15, 0.2) is 0 Å². The van der Waals surface area contributed by atoms with Crippen LogP contribution in [0, 0.1) is 0 Å². The number of thiophene rings is 1. The fourth-order valence-electron chi connectivity index (χ4n) is 1.25. The van der Waals surface area contributed by atoms with Gasteiger partial charge >= 0.3 is 0 Å². The molecule has 0 aromatic carbocycles. The third-order valence-corrected chi connectivity index (χ3v) is 4.66. The number of amides is 1. The molecule has 1 aromatic heterocycles. The molecule has 1 N–H and O–H groups in total. The number of halogens is 3. The van der Waals surface area contributed by atoms with E-state index in [1.807, 2.05) is 13.0 Å². The minimum Gasteiger partial charge on any atom is -0.350 e. The fourth-order valence-corrected chi connectivity index (χ4v) is 4.20. The maximum Gasteiger partial charge on any atom is 0.253 e. The summed E-state index contributed by atoms with van der Waals surface area (Å²) in [6, 6.07) is 1.97. The van der Waals surface area contributed by atoms with Crippen LogP contribution in [0.4, 0.5) is 0 Å². The van der Waals surface area contributed by atoms with E-state index in [-0.39, 0.29) is 11.9 Å². The second kappa shape index (κ2) is 6.99. The summed E-state index contributed by atoms with van der Waals surface area (Å²) in [6.45, 7) is 1.99. The summed E-state index contributed by atoms with van der Waals surface area (Å²) in [5, 5.41) is 2.94. The zero-order valence-electron chi connectivity index (χ0n) is 8.73. The second-order valence-electron chi connectivity index (χ2n) is 3.44. The van der Waals surface area contributed by atoms with Crippen molar-refractivity contribution in [3.8, 4) is 0 Å². The van der Waals surface area contributed by atoms with Crippen LogP contribution in [0.25, 0.3) is 0 Å². The van der Waals surface area contributed by atoms with Crippen molar-refractivity contribution in [2.24, 2.45) is 0 Å². The number of alkyl halides is 1. The molecule has 90 valence electrons. The van der Waals surface area contributed by atoms with Gasteiger partial charge in [0.1, 0.15) is 0 Å². The van der Waals surface area contributed by atoms with Gasteiger partial charge in [0.05, 0.1) is 13.1 Å². The highest BCUT2D eigenvalue weighted by Crippen LogP contribution is 2.31. The van der Waals surface area contributed by atoms with Crippen molar-refractivity contribution in [1.82, 2.24) is 5.32 Å². The molecule has 0 aliphatic carbocycles. The molecule has 0 aliphatic heterocycles. The van der Waals surface area contributed by atoms with E-state index in [0.29, 0.717) is 11.4 Å². The Labute approximate surface area is 121 Å². The van der Waals surface area contributed by atoms with Gasteiger partial charge in [-0.15, -0.1) is 22.9 Å². The van der Waals surface area contributed by atoms with Gasteiger partial charge in [0.2, 0.25) is 0 Å². The lowest BCUT2D eigenvalue weighted by Gasteiger charge is -2.12. The van der Waals surface area contributed by atoms with Crippen molar-refractivity contribution in [3.63, 3.8) is 0 Å². The zero-order chi connectivity index (χ0) is 12.1. The molecule has 1 unspecified atom stereocenters. The van der Waals surface area contributed by atoms with Crippen LogP contribution in [0.1, 0.15) is 30.1 Å². The number of hydrogen-bond acceptors (Lipinski definition) is 2. The van der Waals surface area contributed by atoms with E-state index < -0.39 is 0 Å². The molecule has 1 atom stereocenters. The summed E-state index contributed by atoms with van der Waals surface area (Å²) < 4.78 is 1.79. The first-order valence-electron chi connectivity index (χ1n) is 4.86. The Hall–Kier alpha value is 0.420. The van der Waals surface area contributed by atoms with Crippen molar-refractivity contribution in [2.75, 3.05) is 5.88 Å². The van der Waals surface area contributed by atoms with Crippen molar-refractivity contribution in [3.05, 3.63) is 19.2 Å². The van der Waals surface area contributed by atoms with Crippen LogP contribution >= 0.6 is 54.8 Å². The molecule has 16 heavy (non-hydrogen) atoms. The van der Waals surface area contributed by atoms with Crippen LogP contribution in [0.15, 0.2) is 13.6 Å². The molecular weight excluding hydrogens is 377 g/mol. The van der Waals surface area contributed by atoms with Crippen LogP contribution < -0.4 is 5.32 Å². The number of nitrogens with one attached hydrogen (secondary N) is 1. The lowest BCUT2D eigenvalue weighted by atomic mass is 10.2. The third kappa shape index (κ3) is 4.35. The van der Waals surface area contributed by atoms with Gasteiger partial charge in [-0.1, -0.05) is 0 Å². The summed E-state index contributed by atoms with van der Waals surface area (Å²) in [7, 11) is 0. The highest BCUT2D eigenvalue weighted by Gasteiger charge is 2.15. The van der Waals surface area contributed by atoms with E-state index in [1.54, 1.807) is 0 Å².